The van der Waals surface area contributed by atoms with Crippen LogP contribution in [0, 0.1) is 16.7 Å². The summed E-state index contributed by atoms with van der Waals surface area (Å²) in [4.78, 5) is 13.3. The van der Waals surface area contributed by atoms with Crippen LogP contribution in [0.5, 0.6) is 11.5 Å². The Hall–Kier alpha value is -3.12. The maximum atomic E-state index is 13.6. The Morgan fingerprint density at radius 1 is 0.853 bits per heavy atom. The van der Waals surface area contributed by atoms with Crippen molar-refractivity contribution in [2.75, 3.05) is 0 Å². The van der Waals surface area contributed by atoms with Gasteiger partial charge in [-0.05, 0) is 47.4 Å². The second-order valence-electron chi connectivity index (χ2n) is 10.1. The molecule has 1 N–H and O–H groups in total. The monoisotopic (exact) mass is 476 g/mol. The van der Waals surface area contributed by atoms with Gasteiger partial charge in [0, 0.05) is 16.5 Å². The predicted molar refractivity (Wildman–Crippen MR) is 132 cm³/mol. The van der Waals surface area contributed by atoms with Crippen LogP contribution in [0.25, 0.3) is 22.3 Å². The first-order chi connectivity index (χ1) is 16.1. The molecule has 0 aliphatic heterocycles. The van der Waals surface area contributed by atoms with Gasteiger partial charge in [0.1, 0.15) is 5.75 Å². The van der Waals surface area contributed by atoms with E-state index in [9.17, 15) is 18.3 Å². The third-order valence-electron chi connectivity index (χ3n) is 8.26. The standard InChI is InChI=1S/C28H28O5S/c1-27(2)20-16-17-28(27,3)26(30)25(20)34(31,32)33-22-15-14-21(29)23(18-10-6-4-7-11-18)24(22)19-12-8-5-9-13-19/h4-15,20,25,29H,16-17H2,1-3H3. The quantitative estimate of drug-likeness (QED) is 0.469. The lowest BCUT2D eigenvalue weighted by molar-refractivity contribution is -0.128. The maximum absolute atomic E-state index is 13.6. The first-order valence-electron chi connectivity index (χ1n) is 11.5. The van der Waals surface area contributed by atoms with Crippen molar-refractivity contribution >= 4 is 15.9 Å². The molecule has 2 saturated carbocycles. The van der Waals surface area contributed by atoms with Gasteiger partial charge in [-0.1, -0.05) is 81.4 Å². The number of carbonyl (C=O) groups is 1. The average molecular weight is 477 g/mol. The molecule has 3 aromatic rings. The smallest absolute Gasteiger partial charge is 0.319 e. The summed E-state index contributed by atoms with van der Waals surface area (Å²) in [6, 6.07) is 21.4. The molecule has 2 aliphatic carbocycles. The van der Waals surface area contributed by atoms with Crippen molar-refractivity contribution in [2.45, 2.75) is 38.9 Å². The van der Waals surface area contributed by atoms with Crippen LogP contribution in [0.2, 0.25) is 0 Å². The Kier molecular flexibility index (Phi) is 5.13. The van der Waals surface area contributed by atoms with Crippen LogP contribution < -0.4 is 4.18 Å². The first-order valence-corrected chi connectivity index (χ1v) is 13.0. The lowest BCUT2D eigenvalue weighted by Gasteiger charge is -2.32. The van der Waals surface area contributed by atoms with Gasteiger partial charge in [-0.2, -0.15) is 8.42 Å². The van der Waals surface area contributed by atoms with E-state index in [4.69, 9.17) is 4.18 Å². The van der Waals surface area contributed by atoms with Gasteiger partial charge < -0.3 is 9.29 Å². The fourth-order valence-corrected chi connectivity index (χ4v) is 7.84. The highest BCUT2D eigenvalue weighted by atomic mass is 32.2. The summed E-state index contributed by atoms with van der Waals surface area (Å²) in [5, 5.41) is 9.62. The summed E-state index contributed by atoms with van der Waals surface area (Å²) in [6.45, 7) is 5.86. The molecular formula is C28H28O5S. The van der Waals surface area contributed by atoms with Gasteiger partial charge in [0.25, 0.3) is 0 Å². The minimum atomic E-state index is -4.28. The summed E-state index contributed by atoms with van der Waals surface area (Å²) in [5.74, 6) is -0.432. The van der Waals surface area contributed by atoms with Gasteiger partial charge in [-0.25, -0.2) is 0 Å². The van der Waals surface area contributed by atoms with E-state index in [0.29, 0.717) is 29.5 Å². The summed E-state index contributed by atoms with van der Waals surface area (Å²) in [7, 11) is -4.28. The molecule has 2 aliphatic rings. The topological polar surface area (TPSA) is 80.7 Å². The number of fused-ring (bicyclic) bond motifs is 2. The molecule has 2 bridgehead atoms. The van der Waals surface area contributed by atoms with E-state index >= 15 is 0 Å². The van der Waals surface area contributed by atoms with Crippen LogP contribution in [0.3, 0.4) is 0 Å². The Bertz CT molecular complexity index is 1360. The third-order valence-corrected chi connectivity index (χ3v) is 9.84. The van der Waals surface area contributed by atoms with Gasteiger partial charge in [0.15, 0.2) is 16.8 Å². The highest BCUT2D eigenvalue weighted by Crippen LogP contribution is 2.65. The Morgan fingerprint density at radius 3 is 1.94 bits per heavy atom. The van der Waals surface area contributed by atoms with Crippen molar-refractivity contribution in [1.29, 1.82) is 0 Å². The molecule has 0 saturated heterocycles. The van der Waals surface area contributed by atoms with E-state index in [1.165, 1.54) is 12.1 Å². The molecule has 0 radical (unpaired) electrons. The van der Waals surface area contributed by atoms with Gasteiger partial charge in [-0.3, -0.25) is 4.79 Å². The number of phenolic OH excluding ortho intramolecular Hbond substituents is 1. The van der Waals surface area contributed by atoms with Crippen molar-refractivity contribution in [2.24, 2.45) is 16.7 Å². The minimum absolute atomic E-state index is 0.0134. The van der Waals surface area contributed by atoms with Crippen molar-refractivity contribution in [3.05, 3.63) is 72.8 Å². The zero-order valence-corrected chi connectivity index (χ0v) is 20.3. The molecular weight excluding hydrogens is 448 g/mol. The molecule has 176 valence electrons. The highest BCUT2D eigenvalue weighted by Gasteiger charge is 2.70. The molecule has 6 heteroatoms. The molecule has 0 spiro atoms. The van der Waals surface area contributed by atoms with E-state index < -0.39 is 26.2 Å². The fourth-order valence-electron chi connectivity index (χ4n) is 5.94. The number of Topliss-reactive ketones (excluding diaryl/α,β-unsaturated/α-hetero) is 1. The van der Waals surface area contributed by atoms with Gasteiger partial charge >= 0.3 is 10.1 Å². The number of hydrogen-bond donors (Lipinski definition) is 1. The zero-order chi connectivity index (χ0) is 24.3. The molecule has 5 nitrogen and oxygen atoms in total. The largest absolute Gasteiger partial charge is 0.507 e. The number of aromatic hydroxyl groups is 1. The molecule has 0 aromatic heterocycles. The molecule has 34 heavy (non-hydrogen) atoms. The zero-order valence-electron chi connectivity index (χ0n) is 19.5. The molecule has 0 heterocycles. The molecule has 3 unspecified atom stereocenters. The number of benzene rings is 3. The molecule has 0 amide bonds. The summed E-state index contributed by atoms with van der Waals surface area (Å²) in [5.41, 5.74) is 1.28. The predicted octanol–water partition coefficient (Wildman–Crippen LogP) is 5.83. The first kappa shape index (κ1) is 22.7. The van der Waals surface area contributed by atoms with Crippen LogP contribution >= 0.6 is 0 Å². The maximum Gasteiger partial charge on any atom is 0.319 e. The highest BCUT2D eigenvalue weighted by molar-refractivity contribution is 7.88. The van der Waals surface area contributed by atoms with Gasteiger partial charge in [-0.15, -0.1) is 0 Å². The van der Waals surface area contributed by atoms with Crippen molar-refractivity contribution in [1.82, 2.24) is 0 Å². The average Bonchev–Trinajstić information content (AvgIpc) is 3.13. The second kappa shape index (κ2) is 7.70. The number of phenols is 1. The number of ketones is 1. The summed E-state index contributed by atoms with van der Waals surface area (Å²) >= 11 is 0. The van der Waals surface area contributed by atoms with E-state index in [2.05, 4.69) is 0 Å². The van der Waals surface area contributed by atoms with Crippen LogP contribution in [-0.4, -0.2) is 24.6 Å². The lowest BCUT2D eigenvalue weighted by atomic mass is 9.70. The Balaban J connectivity index is 1.65. The van der Waals surface area contributed by atoms with E-state index in [1.54, 1.807) is 0 Å². The summed E-state index contributed by atoms with van der Waals surface area (Å²) < 4.78 is 33.1. The molecule has 5 rings (SSSR count). The number of rotatable bonds is 5. The van der Waals surface area contributed by atoms with E-state index in [-0.39, 0.29) is 23.2 Å². The van der Waals surface area contributed by atoms with Crippen LogP contribution in [-0.2, 0) is 14.9 Å². The SMILES string of the molecule is CC12CCC(C(S(=O)(=O)Oc3ccc(O)c(-c4ccccc4)c3-c3ccccc3)C1=O)C2(C)C. The second-order valence-corrected chi connectivity index (χ2v) is 11.8. The van der Waals surface area contributed by atoms with Crippen molar-refractivity contribution in [3.63, 3.8) is 0 Å². The number of hydrogen-bond acceptors (Lipinski definition) is 5. The lowest BCUT2D eigenvalue weighted by Crippen LogP contribution is -2.41. The normalized spacial score (nSPS) is 25.4. The van der Waals surface area contributed by atoms with Gasteiger partial charge in [0.05, 0.1) is 0 Å². The van der Waals surface area contributed by atoms with E-state index in [0.717, 1.165) is 5.56 Å². The Labute approximate surface area is 200 Å². The fraction of sp³-hybridized carbons (Fsp3) is 0.321. The van der Waals surface area contributed by atoms with Crippen LogP contribution in [0.15, 0.2) is 72.8 Å². The van der Waals surface area contributed by atoms with Crippen LogP contribution in [0.4, 0.5) is 0 Å². The van der Waals surface area contributed by atoms with Crippen molar-refractivity contribution < 1.29 is 22.5 Å². The van der Waals surface area contributed by atoms with Crippen LogP contribution in [0.1, 0.15) is 33.6 Å². The number of carbonyl (C=O) groups excluding carboxylic acids is 1. The van der Waals surface area contributed by atoms with E-state index in [1.807, 2.05) is 81.4 Å². The molecule has 2 fully saturated rings. The minimum Gasteiger partial charge on any atom is -0.507 e. The molecule has 3 atom stereocenters. The summed E-state index contributed by atoms with van der Waals surface area (Å²) in [6.07, 6.45) is 1.38. The molecule has 3 aromatic carbocycles. The third kappa shape index (κ3) is 3.19. The van der Waals surface area contributed by atoms with Gasteiger partial charge in [0.2, 0.25) is 0 Å². The van der Waals surface area contributed by atoms with Crippen molar-refractivity contribution in [3.8, 4) is 33.8 Å². The Morgan fingerprint density at radius 2 is 1.41 bits per heavy atom.